The number of rotatable bonds is 6. The molecule has 3 heterocycles. The quantitative estimate of drug-likeness (QED) is 0.463. The predicted molar refractivity (Wildman–Crippen MR) is 116 cm³/mol. The summed E-state index contributed by atoms with van der Waals surface area (Å²) in [6.45, 7) is 5.24. The van der Waals surface area contributed by atoms with Gasteiger partial charge in [0.25, 0.3) is 0 Å². The molecule has 2 fully saturated rings. The highest BCUT2D eigenvalue weighted by Gasteiger charge is 2.28. The lowest BCUT2D eigenvalue weighted by Crippen LogP contribution is -2.55. The van der Waals surface area contributed by atoms with E-state index in [1.165, 1.54) is 0 Å². The highest BCUT2D eigenvalue weighted by Crippen LogP contribution is 2.16. The fraction of sp³-hybridized carbons (Fsp3) is 0.706. The van der Waals surface area contributed by atoms with E-state index < -0.39 is 10.0 Å². The van der Waals surface area contributed by atoms with Crippen LogP contribution in [0.15, 0.2) is 17.4 Å². The van der Waals surface area contributed by atoms with Crippen LogP contribution in [0.2, 0.25) is 0 Å². The molecule has 0 bridgehead atoms. The number of carbonyl (C=O) groups is 1. The van der Waals surface area contributed by atoms with Crippen LogP contribution in [-0.2, 0) is 21.9 Å². The number of hydrogen-bond acceptors (Lipinski definition) is 6. The van der Waals surface area contributed by atoms with E-state index in [1.54, 1.807) is 31.8 Å². The normalized spacial score (nSPS) is 19.7. The maximum atomic E-state index is 12.6. The summed E-state index contributed by atoms with van der Waals surface area (Å²) in [7, 11) is -1.48. The first kappa shape index (κ1) is 21.9. The maximum Gasteiger partial charge on any atom is 0.246 e. The molecule has 0 aromatic carbocycles. The second-order valence-corrected chi connectivity index (χ2v) is 10.2. The Balaban J connectivity index is 1.59. The Morgan fingerprint density at radius 3 is 2.66 bits per heavy atom. The first-order valence-electron chi connectivity index (χ1n) is 9.78. The van der Waals surface area contributed by atoms with Crippen molar-refractivity contribution >= 4 is 39.3 Å². The van der Waals surface area contributed by atoms with Crippen LogP contribution < -0.4 is 10.2 Å². The molecule has 2 saturated heterocycles. The van der Waals surface area contributed by atoms with Gasteiger partial charge in [-0.25, -0.2) is 12.7 Å². The summed E-state index contributed by atoms with van der Waals surface area (Å²) in [5.74, 6) is 2.21. The van der Waals surface area contributed by atoms with Crippen LogP contribution in [0.4, 0.5) is 5.69 Å². The van der Waals surface area contributed by atoms with E-state index in [0.29, 0.717) is 38.7 Å². The summed E-state index contributed by atoms with van der Waals surface area (Å²) in [6, 6.07) is 0. The van der Waals surface area contributed by atoms with E-state index in [1.807, 2.05) is 25.1 Å². The number of anilines is 1. The standard InChI is InChI=1S/C17H29N7O3S2/c1-3-18-17(19-4-11-29(26,27)23-7-9-28-10-8-23)22-5-6-24(16(25)14-22)15-12-20-21(2)13-15/h12-13H,3-11,14H2,1-2H3,(H,18,19). The molecule has 3 rings (SSSR count). The van der Waals surface area contributed by atoms with Gasteiger partial charge < -0.3 is 15.1 Å². The molecule has 1 N–H and O–H groups in total. The van der Waals surface area contributed by atoms with Crippen molar-refractivity contribution in [3.8, 4) is 0 Å². The molecule has 0 saturated carbocycles. The van der Waals surface area contributed by atoms with Gasteiger partial charge in [0.1, 0.15) is 6.54 Å². The van der Waals surface area contributed by atoms with Gasteiger partial charge in [-0.1, -0.05) is 0 Å². The summed E-state index contributed by atoms with van der Waals surface area (Å²) < 4.78 is 28.2. The van der Waals surface area contributed by atoms with E-state index in [2.05, 4.69) is 15.4 Å². The zero-order valence-electron chi connectivity index (χ0n) is 17.0. The molecule has 1 aromatic heterocycles. The van der Waals surface area contributed by atoms with E-state index in [0.717, 1.165) is 17.2 Å². The van der Waals surface area contributed by atoms with Crippen molar-refractivity contribution in [3.63, 3.8) is 0 Å². The average molecular weight is 444 g/mol. The molecule has 1 aromatic rings. The number of guanidine groups is 1. The minimum atomic E-state index is -3.30. The molecule has 0 atom stereocenters. The summed E-state index contributed by atoms with van der Waals surface area (Å²) in [5.41, 5.74) is 0.782. The minimum Gasteiger partial charge on any atom is -0.357 e. The monoisotopic (exact) mass is 443 g/mol. The van der Waals surface area contributed by atoms with Gasteiger partial charge in [0.2, 0.25) is 15.9 Å². The highest BCUT2D eigenvalue weighted by molar-refractivity contribution is 7.99. The number of nitrogens with one attached hydrogen (secondary N) is 1. The van der Waals surface area contributed by atoms with Crippen molar-refractivity contribution in [1.82, 2.24) is 24.3 Å². The number of hydrogen-bond donors (Lipinski definition) is 1. The summed E-state index contributed by atoms with van der Waals surface area (Å²) in [5, 5.41) is 7.30. The Labute approximate surface area is 176 Å². The first-order chi connectivity index (χ1) is 13.9. The van der Waals surface area contributed by atoms with Crippen LogP contribution in [0.3, 0.4) is 0 Å². The molecule has 0 unspecified atom stereocenters. The first-order valence-corrected chi connectivity index (χ1v) is 12.5. The number of thioether (sulfide) groups is 1. The molecule has 0 spiro atoms. The van der Waals surface area contributed by atoms with Gasteiger partial charge in [-0.15, -0.1) is 0 Å². The fourth-order valence-corrected chi connectivity index (χ4v) is 5.77. The molecule has 2 aliphatic rings. The van der Waals surface area contributed by atoms with Crippen molar-refractivity contribution < 1.29 is 13.2 Å². The number of carbonyl (C=O) groups excluding carboxylic acids is 1. The maximum absolute atomic E-state index is 12.6. The summed E-state index contributed by atoms with van der Waals surface area (Å²) >= 11 is 1.78. The van der Waals surface area contributed by atoms with Gasteiger partial charge in [0, 0.05) is 57.5 Å². The summed E-state index contributed by atoms with van der Waals surface area (Å²) in [4.78, 5) is 20.7. The van der Waals surface area contributed by atoms with Crippen LogP contribution >= 0.6 is 11.8 Å². The fourth-order valence-electron chi connectivity index (χ4n) is 3.32. The van der Waals surface area contributed by atoms with Gasteiger partial charge in [-0.3, -0.25) is 14.5 Å². The Bertz CT molecular complexity index is 834. The molecule has 1 amide bonds. The van der Waals surface area contributed by atoms with E-state index in [4.69, 9.17) is 0 Å². The third kappa shape index (κ3) is 5.64. The molecule has 0 radical (unpaired) electrons. The number of aliphatic imine (C=N–C) groups is 1. The molecule has 29 heavy (non-hydrogen) atoms. The molecular weight excluding hydrogens is 414 g/mol. The summed E-state index contributed by atoms with van der Waals surface area (Å²) in [6.07, 6.45) is 3.49. The lowest BCUT2D eigenvalue weighted by Gasteiger charge is -2.35. The Morgan fingerprint density at radius 2 is 2.03 bits per heavy atom. The van der Waals surface area contributed by atoms with E-state index in [-0.39, 0.29) is 24.7 Å². The van der Waals surface area contributed by atoms with Crippen molar-refractivity contribution in [3.05, 3.63) is 12.4 Å². The highest BCUT2D eigenvalue weighted by atomic mass is 32.2. The van der Waals surface area contributed by atoms with Crippen molar-refractivity contribution in [2.45, 2.75) is 6.92 Å². The van der Waals surface area contributed by atoms with E-state index >= 15 is 0 Å². The molecule has 162 valence electrons. The third-order valence-corrected chi connectivity index (χ3v) is 7.63. The van der Waals surface area contributed by atoms with Crippen LogP contribution in [0.1, 0.15) is 6.92 Å². The Hall–Kier alpha value is -1.79. The van der Waals surface area contributed by atoms with Crippen LogP contribution in [0.25, 0.3) is 0 Å². The third-order valence-electron chi connectivity index (χ3n) is 4.83. The molecule has 0 aliphatic carbocycles. The van der Waals surface area contributed by atoms with Crippen molar-refractivity contribution in [2.75, 3.05) is 68.0 Å². The second kappa shape index (κ2) is 9.81. The average Bonchev–Trinajstić information content (AvgIpc) is 3.14. The number of piperazine rings is 1. The van der Waals surface area contributed by atoms with Gasteiger partial charge >= 0.3 is 0 Å². The largest absolute Gasteiger partial charge is 0.357 e. The van der Waals surface area contributed by atoms with Gasteiger partial charge in [-0.2, -0.15) is 16.9 Å². The molecule has 10 nitrogen and oxygen atoms in total. The van der Waals surface area contributed by atoms with Gasteiger partial charge in [0.15, 0.2) is 5.96 Å². The van der Waals surface area contributed by atoms with Crippen LogP contribution in [0.5, 0.6) is 0 Å². The lowest BCUT2D eigenvalue weighted by atomic mass is 10.3. The van der Waals surface area contributed by atoms with Gasteiger partial charge in [0.05, 0.1) is 24.2 Å². The minimum absolute atomic E-state index is 0.0177. The number of aryl methyl sites for hydroxylation is 1. The predicted octanol–water partition coefficient (Wildman–Crippen LogP) is -0.587. The van der Waals surface area contributed by atoms with Crippen LogP contribution in [-0.4, -0.2) is 102 Å². The van der Waals surface area contributed by atoms with E-state index in [9.17, 15) is 13.2 Å². The SMILES string of the molecule is CCNC(=NCCS(=O)(=O)N1CCSCC1)N1CCN(c2cnn(C)c2)C(=O)C1. The number of aromatic nitrogens is 2. The lowest BCUT2D eigenvalue weighted by molar-refractivity contribution is -0.120. The van der Waals surface area contributed by atoms with Crippen molar-refractivity contribution in [1.29, 1.82) is 0 Å². The van der Waals surface area contributed by atoms with Gasteiger partial charge in [-0.05, 0) is 6.92 Å². The number of nitrogens with zero attached hydrogens (tertiary/aromatic N) is 6. The Kier molecular flexibility index (Phi) is 7.41. The Morgan fingerprint density at radius 1 is 1.28 bits per heavy atom. The molecular formula is C17H29N7O3S2. The number of sulfonamides is 1. The van der Waals surface area contributed by atoms with Crippen molar-refractivity contribution in [2.24, 2.45) is 12.0 Å². The second-order valence-electron chi connectivity index (χ2n) is 6.90. The van der Waals surface area contributed by atoms with Crippen LogP contribution in [0, 0.1) is 0 Å². The number of amides is 1. The molecule has 2 aliphatic heterocycles. The smallest absolute Gasteiger partial charge is 0.246 e. The topological polar surface area (TPSA) is 103 Å². The molecule has 12 heteroatoms. The zero-order chi connectivity index (χ0) is 20.9. The zero-order valence-corrected chi connectivity index (χ0v) is 18.6.